The highest BCUT2D eigenvalue weighted by molar-refractivity contribution is 6.44. The number of halogens is 3. The van der Waals surface area contributed by atoms with Crippen molar-refractivity contribution in [3.63, 3.8) is 0 Å². The summed E-state index contributed by atoms with van der Waals surface area (Å²) < 4.78 is 5.26. The van der Waals surface area contributed by atoms with E-state index in [4.69, 9.17) is 39.5 Å². The number of nitrogens with one attached hydrogen (secondary N) is 2. The van der Waals surface area contributed by atoms with E-state index >= 15 is 0 Å². The van der Waals surface area contributed by atoms with Gasteiger partial charge in [-0.1, -0.05) is 40.9 Å². The van der Waals surface area contributed by atoms with Crippen molar-refractivity contribution >= 4 is 58.5 Å². The molecule has 0 fully saturated rings. The lowest BCUT2D eigenvalue weighted by atomic mass is 10.2. The predicted molar refractivity (Wildman–Crippen MR) is 110 cm³/mol. The second kappa shape index (κ2) is 10.2. The molecule has 0 bridgehead atoms. The number of aromatic hydroxyl groups is 1. The first-order chi connectivity index (χ1) is 13.3. The number of carbonyl (C=O) groups is 2. The molecule has 2 rings (SSSR count). The summed E-state index contributed by atoms with van der Waals surface area (Å²) in [6, 6.07) is 7.71. The average molecular weight is 445 g/mol. The Balaban J connectivity index is 1.93. The van der Waals surface area contributed by atoms with Crippen molar-refractivity contribution in [2.75, 3.05) is 11.9 Å². The second-order valence-electron chi connectivity index (χ2n) is 5.40. The van der Waals surface area contributed by atoms with E-state index in [2.05, 4.69) is 15.8 Å². The number of amides is 2. The molecule has 2 aromatic rings. The maximum atomic E-state index is 11.9. The maximum Gasteiger partial charge on any atom is 0.249 e. The van der Waals surface area contributed by atoms with E-state index in [-0.39, 0.29) is 26.6 Å². The number of rotatable bonds is 7. The van der Waals surface area contributed by atoms with Crippen LogP contribution in [0.15, 0.2) is 35.4 Å². The van der Waals surface area contributed by atoms with E-state index in [0.717, 1.165) is 0 Å². The molecule has 0 aliphatic carbocycles. The molecule has 0 atom stereocenters. The molecule has 28 heavy (non-hydrogen) atoms. The number of hydrazone groups is 1. The molecule has 0 aromatic heterocycles. The van der Waals surface area contributed by atoms with Crippen molar-refractivity contribution in [3.8, 4) is 11.5 Å². The number of ether oxygens (including phenoxy) is 1. The van der Waals surface area contributed by atoms with Gasteiger partial charge in [0.05, 0.1) is 33.6 Å². The van der Waals surface area contributed by atoms with Gasteiger partial charge < -0.3 is 15.2 Å². The van der Waals surface area contributed by atoms with Crippen LogP contribution in [-0.4, -0.2) is 29.7 Å². The Hall–Kier alpha value is -2.48. The molecule has 0 radical (unpaired) electrons. The number of hydrogen-bond donors (Lipinski definition) is 3. The van der Waals surface area contributed by atoms with Crippen molar-refractivity contribution in [3.05, 3.63) is 51.0 Å². The summed E-state index contributed by atoms with van der Waals surface area (Å²) >= 11 is 17.8. The number of anilines is 1. The SMILES string of the molecule is CCOc1cc(C=NNC(=O)CC(=O)Nc2cccc(Cl)c2Cl)cc(Cl)c1O. The molecular weight excluding hydrogens is 429 g/mol. The molecule has 0 saturated heterocycles. The fraction of sp³-hybridized carbons (Fsp3) is 0.167. The Morgan fingerprint density at radius 3 is 2.64 bits per heavy atom. The number of benzene rings is 2. The summed E-state index contributed by atoms with van der Waals surface area (Å²) in [4.78, 5) is 23.8. The van der Waals surface area contributed by atoms with Crippen molar-refractivity contribution in [1.82, 2.24) is 5.43 Å². The van der Waals surface area contributed by atoms with Gasteiger partial charge in [-0.2, -0.15) is 5.10 Å². The highest BCUT2D eigenvalue weighted by Crippen LogP contribution is 2.34. The first-order valence-electron chi connectivity index (χ1n) is 8.03. The minimum atomic E-state index is -0.637. The smallest absolute Gasteiger partial charge is 0.249 e. The zero-order valence-corrected chi connectivity index (χ0v) is 16.9. The maximum absolute atomic E-state index is 11.9. The predicted octanol–water partition coefficient (Wildman–Crippen LogP) is 4.23. The molecule has 0 heterocycles. The quantitative estimate of drug-likeness (QED) is 0.338. The standard InChI is InChI=1S/C18H16Cl3N3O4/c1-2-28-14-7-10(6-12(20)18(14)27)9-22-24-16(26)8-15(25)23-13-5-3-4-11(19)17(13)21/h3-7,9,27H,2,8H2,1H3,(H,23,25)(H,24,26). The number of nitrogens with zero attached hydrogens (tertiary/aromatic N) is 1. The zero-order chi connectivity index (χ0) is 20.7. The van der Waals surface area contributed by atoms with Gasteiger partial charge in [0.1, 0.15) is 6.42 Å². The molecule has 2 amide bonds. The Labute approximate surface area is 176 Å². The lowest BCUT2D eigenvalue weighted by Gasteiger charge is -2.08. The van der Waals surface area contributed by atoms with Gasteiger partial charge in [0.15, 0.2) is 11.5 Å². The summed E-state index contributed by atoms with van der Waals surface area (Å²) in [6.45, 7) is 2.10. The summed E-state index contributed by atoms with van der Waals surface area (Å²) in [6.07, 6.45) is 0.832. The summed E-state index contributed by atoms with van der Waals surface area (Å²) in [5, 5.41) is 16.6. The van der Waals surface area contributed by atoms with Gasteiger partial charge in [-0.15, -0.1) is 0 Å². The summed E-state index contributed by atoms with van der Waals surface area (Å²) in [7, 11) is 0. The second-order valence-corrected chi connectivity index (χ2v) is 6.59. The number of phenols is 1. The molecule has 0 saturated carbocycles. The largest absolute Gasteiger partial charge is 0.503 e. The lowest BCUT2D eigenvalue weighted by molar-refractivity contribution is -0.126. The molecule has 0 spiro atoms. The minimum Gasteiger partial charge on any atom is -0.503 e. The summed E-state index contributed by atoms with van der Waals surface area (Å²) in [5.41, 5.74) is 3.01. The number of hydrogen-bond acceptors (Lipinski definition) is 5. The van der Waals surface area contributed by atoms with Crippen LogP contribution < -0.4 is 15.5 Å². The fourth-order valence-electron chi connectivity index (χ4n) is 2.09. The Bertz CT molecular complexity index is 919. The van der Waals surface area contributed by atoms with E-state index < -0.39 is 18.2 Å². The van der Waals surface area contributed by atoms with Gasteiger partial charge >= 0.3 is 0 Å². The Morgan fingerprint density at radius 1 is 1.18 bits per heavy atom. The van der Waals surface area contributed by atoms with Gasteiger partial charge in [0.25, 0.3) is 0 Å². The third-order valence-corrected chi connectivity index (χ3v) is 4.41. The van der Waals surface area contributed by atoms with E-state index in [1.165, 1.54) is 18.3 Å². The van der Waals surface area contributed by atoms with Crippen LogP contribution in [0, 0.1) is 0 Å². The Morgan fingerprint density at radius 2 is 1.93 bits per heavy atom. The van der Waals surface area contributed by atoms with Gasteiger partial charge in [-0.3, -0.25) is 9.59 Å². The van der Waals surface area contributed by atoms with Crippen LogP contribution in [0.4, 0.5) is 5.69 Å². The van der Waals surface area contributed by atoms with Gasteiger partial charge in [0, 0.05) is 0 Å². The van der Waals surface area contributed by atoms with Gasteiger partial charge in [0.2, 0.25) is 11.8 Å². The molecule has 2 aromatic carbocycles. The third-order valence-electron chi connectivity index (χ3n) is 3.30. The lowest BCUT2D eigenvalue weighted by Crippen LogP contribution is -2.24. The third kappa shape index (κ3) is 6.02. The molecule has 0 aliphatic heterocycles. The fourth-order valence-corrected chi connectivity index (χ4v) is 2.66. The Kier molecular flexibility index (Phi) is 7.92. The molecule has 7 nitrogen and oxygen atoms in total. The van der Waals surface area contributed by atoms with Gasteiger partial charge in [-0.05, 0) is 36.8 Å². The van der Waals surface area contributed by atoms with Crippen molar-refractivity contribution in [2.45, 2.75) is 13.3 Å². The summed E-state index contributed by atoms with van der Waals surface area (Å²) in [5.74, 6) is -1.20. The molecule has 0 aliphatic rings. The van der Waals surface area contributed by atoms with Gasteiger partial charge in [-0.25, -0.2) is 5.43 Å². The van der Waals surface area contributed by atoms with Crippen LogP contribution >= 0.6 is 34.8 Å². The van der Waals surface area contributed by atoms with E-state index in [1.807, 2.05) is 0 Å². The van der Waals surface area contributed by atoms with E-state index in [0.29, 0.717) is 17.9 Å². The topological polar surface area (TPSA) is 100 Å². The molecule has 148 valence electrons. The first kappa shape index (κ1) is 21.8. The van der Waals surface area contributed by atoms with Crippen LogP contribution in [0.3, 0.4) is 0 Å². The van der Waals surface area contributed by atoms with Crippen LogP contribution in [-0.2, 0) is 9.59 Å². The van der Waals surface area contributed by atoms with Crippen molar-refractivity contribution in [2.24, 2.45) is 5.10 Å². The highest BCUT2D eigenvalue weighted by atomic mass is 35.5. The first-order valence-corrected chi connectivity index (χ1v) is 9.16. The molecule has 0 unspecified atom stereocenters. The highest BCUT2D eigenvalue weighted by Gasteiger charge is 2.12. The van der Waals surface area contributed by atoms with E-state index in [9.17, 15) is 14.7 Å². The number of carbonyl (C=O) groups excluding carboxylic acids is 2. The van der Waals surface area contributed by atoms with Crippen LogP contribution in [0.2, 0.25) is 15.1 Å². The molecule has 10 heteroatoms. The minimum absolute atomic E-state index is 0.0801. The van der Waals surface area contributed by atoms with Crippen molar-refractivity contribution < 1.29 is 19.4 Å². The normalized spacial score (nSPS) is 10.7. The van der Waals surface area contributed by atoms with Crippen LogP contribution in [0.25, 0.3) is 0 Å². The zero-order valence-electron chi connectivity index (χ0n) is 14.6. The van der Waals surface area contributed by atoms with Crippen LogP contribution in [0.1, 0.15) is 18.9 Å². The van der Waals surface area contributed by atoms with E-state index in [1.54, 1.807) is 25.1 Å². The van der Waals surface area contributed by atoms with Crippen LogP contribution in [0.5, 0.6) is 11.5 Å². The average Bonchev–Trinajstić information content (AvgIpc) is 2.63. The monoisotopic (exact) mass is 443 g/mol. The van der Waals surface area contributed by atoms with Crippen molar-refractivity contribution in [1.29, 1.82) is 0 Å². The molecule has 3 N–H and O–H groups in total. The molecular formula is C18H16Cl3N3O4. The number of phenolic OH excluding ortho intramolecular Hbond substituents is 1.